The van der Waals surface area contributed by atoms with Gasteiger partial charge in [-0.25, -0.2) is 9.78 Å². The molecule has 0 radical (unpaired) electrons. The standard InChI is InChI=1S/C11H14N4O2/c1-3-14-6-4-10(16)15(11(14)17)8-9-12-5-7-13(9)2/h4-7H,3,8H2,1-2H3. The van der Waals surface area contributed by atoms with E-state index in [1.807, 2.05) is 14.0 Å². The lowest BCUT2D eigenvalue weighted by molar-refractivity contribution is 0.578. The van der Waals surface area contributed by atoms with Crippen LogP contribution in [0, 0.1) is 0 Å². The van der Waals surface area contributed by atoms with E-state index in [2.05, 4.69) is 4.98 Å². The van der Waals surface area contributed by atoms with E-state index in [4.69, 9.17) is 0 Å². The Balaban J connectivity index is 2.49. The first kappa shape index (κ1) is 11.4. The van der Waals surface area contributed by atoms with Gasteiger partial charge in [0.2, 0.25) is 0 Å². The van der Waals surface area contributed by atoms with Crippen LogP contribution < -0.4 is 11.2 Å². The molecule has 17 heavy (non-hydrogen) atoms. The molecule has 0 aliphatic rings. The molecule has 0 saturated heterocycles. The molecule has 90 valence electrons. The zero-order valence-electron chi connectivity index (χ0n) is 9.83. The largest absolute Gasteiger partial charge is 0.337 e. The van der Waals surface area contributed by atoms with Gasteiger partial charge in [0, 0.05) is 38.2 Å². The third-order valence-corrected chi connectivity index (χ3v) is 2.70. The first-order valence-electron chi connectivity index (χ1n) is 5.40. The van der Waals surface area contributed by atoms with Gasteiger partial charge in [0.1, 0.15) is 5.82 Å². The fourth-order valence-electron chi connectivity index (χ4n) is 1.63. The Morgan fingerprint density at radius 1 is 1.29 bits per heavy atom. The molecule has 0 unspecified atom stereocenters. The van der Waals surface area contributed by atoms with Gasteiger partial charge in [-0.15, -0.1) is 0 Å². The minimum atomic E-state index is -0.303. The van der Waals surface area contributed by atoms with Crippen LogP contribution in [0.4, 0.5) is 0 Å². The summed E-state index contributed by atoms with van der Waals surface area (Å²) in [6.45, 7) is 2.60. The van der Waals surface area contributed by atoms with Gasteiger partial charge in [-0.05, 0) is 6.92 Å². The van der Waals surface area contributed by atoms with Crippen molar-refractivity contribution in [2.75, 3.05) is 0 Å². The summed E-state index contributed by atoms with van der Waals surface area (Å²) in [5.41, 5.74) is -0.606. The van der Waals surface area contributed by atoms with Gasteiger partial charge in [-0.2, -0.15) is 0 Å². The van der Waals surface area contributed by atoms with E-state index in [0.717, 1.165) is 0 Å². The average molecular weight is 234 g/mol. The summed E-state index contributed by atoms with van der Waals surface area (Å²) in [5.74, 6) is 0.679. The summed E-state index contributed by atoms with van der Waals surface area (Å²) in [6.07, 6.45) is 4.93. The van der Waals surface area contributed by atoms with Crippen molar-refractivity contribution in [3.63, 3.8) is 0 Å². The van der Waals surface area contributed by atoms with Crippen LogP contribution in [0.5, 0.6) is 0 Å². The number of nitrogens with zero attached hydrogens (tertiary/aromatic N) is 4. The number of hydrogen-bond acceptors (Lipinski definition) is 3. The quantitative estimate of drug-likeness (QED) is 0.739. The normalized spacial score (nSPS) is 10.7. The van der Waals surface area contributed by atoms with Gasteiger partial charge in [0.15, 0.2) is 0 Å². The summed E-state index contributed by atoms with van der Waals surface area (Å²) in [7, 11) is 1.83. The molecule has 0 spiro atoms. The fourth-order valence-corrected chi connectivity index (χ4v) is 1.63. The summed E-state index contributed by atoms with van der Waals surface area (Å²) >= 11 is 0. The second kappa shape index (κ2) is 4.40. The van der Waals surface area contributed by atoms with E-state index in [-0.39, 0.29) is 17.8 Å². The van der Waals surface area contributed by atoms with Crippen LogP contribution >= 0.6 is 0 Å². The van der Waals surface area contributed by atoms with Crippen molar-refractivity contribution in [2.24, 2.45) is 7.05 Å². The molecule has 0 aliphatic carbocycles. The van der Waals surface area contributed by atoms with E-state index in [1.165, 1.54) is 21.4 Å². The van der Waals surface area contributed by atoms with Crippen LogP contribution in [0.2, 0.25) is 0 Å². The predicted molar refractivity (Wildman–Crippen MR) is 62.9 cm³/mol. The Hall–Kier alpha value is -2.11. The number of hydrogen-bond donors (Lipinski definition) is 0. The Labute approximate surface area is 97.8 Å². The molecular weight excluding hydrogens is 220 g/mol. The lowest BCUT2D eigenvalue weighted by Crippen LogP contribution is -2.39. The van der Waals surface area contributed by atoms with Crippen molar-refractivity contribution in [2.45, 2.75) is 20.0 Å². The topological polar surface area (TPSA) is 61.8 Å². The SMILES string of the molecule is CCn1ccc(=O)n(Cc2nccn2C)c1=O. The molecule has 0 amide bonds. The van der Waals surface area contributed by atoms with Crippen molar-refractivity contribution >= 4 is 0 Å². The van der Waals surface area contributed by atoms with Gasteiger partial charge in [0.05, 0.1) is 6.54 Å². The summed E-state index contributed by atoms with van der Waals surface area (Å²) in [4.78, 5) is 27.7. The van der Waals surface area contributed by atoms with Gasteiger partial charge < -0.3 is 9.13 Å². The Morgan fingerprint density at radius 3 is 2.65 bits per heavy atom. The van der Waals surface area contributed by atoms with Gasteiger partial charge in [-0.1, -0.05) is 0 Å². The number of rotatable bonds is 3. The van der Waals surface area contributed by atoms with Crippen molar-refractivity contribution in [1.82, 2.24) is 18.7 Å². The van der Waals surface area contributed by atoms with Crippen molar-refractivity contribution < 1.29 is 0 Å². The van der Waals surface area contributed by atoms with Gasteiger partial charge >= 0.3 is 5.69 Å². The minimum Gasteiger partial charge on any atom is -0.337 e. The molecule has 0 saturated carbocycles. The third kappa shape index (κ3) is 2.06. The first-order chi connectivity index (χ1) is 8.13. The predicted octanol–water partition coefficient (Wildman–Crippen LogP) is -0.188. The minimum absolute atomic E-state index is 0.196. The highest BCUT2D eigenvalue weighted by atomic mass is 16.2. The molecule has 6 heteroatoms. The average Bonchev–Trinajstić information content (AvgIpc) is 2.70. The third-order valence-electron chi connectivity index (χ3n) is 2.70. The Kier molecular flexibility index (Phi) is 2.95. The van der Waals surface area contributed by atoms with E-state index in [9.17, 15) is 9.59 Å². The highest BCUT2D eigenvalue weighted by molar-refractivity contribution is 4.95. The zero-order chi connectivity index (χ0) is 12.4. The monoisotopic (exact) mass is 234 g/mol. The molecular formula is C11H14N4O2. The molecule has 2 aromatic heterocycles. The van der Waals surface area contributed by atoms with Crippen LogP contribution in [0.3, 0.4) is 0 Å². The molecule has 2 aromatic rings. The maximum absolute atomic E-state index is 11.9. The van der Waals surface area contributed by atoms with E-state index in [1.54, 1.807) is 17.0 Å². The second-order valence-corrected chi connectivity index (χ2v) is 3.76. The van der Waals surface area contributed by atoms with E-state index in [0.29, 0.717) is 12.4 Å². The maximum atomic E-state index is 11.9. The lowest BCUT2D eigenvalue weighted by Gasteiger charge is -2.07. The number of imidazole rings is 1. The number of aryl methyl sites for hydroxylation is 2. The molecule has 0 fully saturated rings. The smallest absolute Gasteiger partial charge is 0.331 e. The molecule has 0 aliphatic heterocycles. The fraction of sp³-hybridized carbons (Fsp3) is 0.364. The molecule has 0 N–H and O–H groups in total. The van der Waals surface area contributed by atoms with Crippen LogP contribution in [-0.2, 0) is 20.1 Å². The van der Waals surface area contributed by atoms with Gasteiger partial charge in [0.25, 0.3) is 5.56 Å². The molecule has 2 heterocycles. The summed E-state index contributed by atoms with van der Waals surface area (Å²) in [6, 6.07) is 1.40. The van der Waals surface area contributed by atoms with Crippen LogP contribution in [0.1, 0.15) is 12.7 Å². The lowest BCUT2D eigenvalue weighted by atomic mass is 10.5. The highest BCUT2D eigenvalue weighted by Crippen LogP contribution is 1.94. The first-order valence-corrected chi connectivity index (χ1v) is 5.40. The van der Waals surface area contributed by atoms with Gasteiger partial charge in [-0.3, -0.25) is 9.36 Å². The van der Waals surface area contributed by atoms with Crippen molar-refractivity contribution in [3.8, 4) is 0 Å². The Bertz CT molecular complexity index is 635. The molecule has 0 aromatic carbocycles. The summed E-state index contributed by atoms with van der Waals surface area (Å²) in [5, 5.41) is 0. The molecule has 0 bridgehead atoms. The maximum Gasteiger partial charge on any atom is 0.331 e. The second-order valence-electron chi connectivity index (χ2n) is 3.76. The van der Waals surface area contributed by atoms with Crippen LogP contribution in [0.25, 0.3) is 0 Å². The molecule has 6 nitrogen and oxygen atoms in total. The summed E-state index contributed by atoms with van der Waals surface area (Å²) < 4.78 is 4.46. The van der Waals surface area contributed by atoms with E-state index < -0.39 is 0 Å². The van der Waals surface area contributed by atoms with Crippen LogP contribution in [-0.4, -0.2) is 18.7 Å². The van der Waals surface area contributed by atoms with Crippen LogP contribution in [0.15, 0.2) is 34.2 Å². The zero-order valence-corrected chi connectivity index (χ0v) is 9.83. The highest BCUT2D eigenvalue weighted by Gasteiger charge is 2.07. The molecule has 2 rings (SSSR count). The Morgan fingerprint density at radius 2 is 2.06 bits per heavy atom. The van der Waals surface area contributed by atoms with Crippen molar-refractivity contribution in [3.05, 3.63) is 51.3 Å². The van der Waals surface area contributed by atoms with Crippen molar-refractivity contribution in [1.29, 1.82) is 0 Å². The molecule has 0 atom stereocenters. The van der Waals surface area contributed by atoms with E-state index >= 15 is 0 Å². The number of aromatic nitrogens is 4.